The molecule has 2 unspecified atom stereocenters. The van der Waals surface area contributed by atoms with Gasteiger partial charge >= 0.3 is 5.97 Å². The first-order valence-corrected chi connectivity index (χ1v) is 6.12. The molecule has 1 fully saturated rings. The van der Waals surface area contributed by atoms with Gasteiger partial charge < -0.3 is 19.5 Å². The molecule has 0 radical (unpaired) electrons. The Labute approximate surface area is 107 Å². The highest BCUT2D eigenvalue weighted by atomic mass is 16.6. The largest absolute Gasteiger partial charge is 0.467 e. The number of hydrogen-bond donors (Lipinski definition) is 1. The normalized spacial score (nSPS) is 21.4. The van der Waals surface area contributed by atoms with Crippen molar-refractivity contribution in [3.05, 3.63) is 0 Å². The molecule has 2 atom stereocenters. The van der Waals surface area contributed by atoms with Crippen LogP contribution in [-0.4, -0.2) is 51.0 Å². The Morgan fingerprint density at radius 1 is 1.39 bits per heavy atom. The van der Waals surface area contributed by atoms with E-state index in [-0.39, 0.29) is 18.4 Å². The fraction of sp³-hybridized carbons (Fsp3) is 0.833. The second-order valence-corrected chi connectivity index (χ2v) is 4.65. The first-order valence-electron chi connectivity index (χ1n) is 6.12. The number of amides is 1. The molecule has 6 nitrogen and oxygen atoms in total. The number of ether oxygens (including phenoxy) is 3. The average Bonchev–Trinajstić information content (AvgIpc) is 2.37. The second-order valence-electron chi connectivity index (χ2n) is 4.65. The van der Waals surface area contributed by atoms with E-state index in [1.807, 2.05) is 13.8 Å². The molecule has 0 aromatic rings. The molecule has 1 rings (SSSR count). The minimum atomic E-state index is -0.641. The Balaban J connectivity index is 2.52. The summed E-state index contributed by atoms with van der Waals surface area (Å²) in [7, 11) is 1.31. The van der Waals surface area contributed by atoms with Crippen molar-refractivity contribution in [3.63, 3.8) is 0 Å². The van der Waals surface area contributed by atoms with Gasteiger partial charge in [0.1, 0.15) is 6.04 Å². The van der Waals surface area contributed by atoms with Crippen molar-refractivity contribution in [2.45, 2.75) is 32.4 Å². The third kappa shape index (κ3) is 4.62. The third-order valence-electron chi connectivity index (χ3n) is 2.62. The van der Waals surface area contributed by atoms with Crippen LogP contribution >= 0.6 is 0 Å². The van der Waals surface area contributed by atoms with E-state index in [4.69, 9.17) is 9.47 Å². The van der Waals surface area contributed by atoms with Crippen LogP contribution in [0.4, 0.5) is 0 Å². The Morgan fingerprint density at radius 3 is 2.61 bits per heavy atom. The minimum absolute atomic E-state index is 0.224. The van der Waals surface area contributed by atoms with Crippen molar-refractivity contribution < 1.29 is 23.8 Å². The molecular formula is C12H21NO5. The first kappa shape index (κ1) is 14.9. The van der Waals surface area contributed by atoms with Gasteiger partial charge in [-0.3, -0.25) is 4.79 Å². The minimum Gasteiger partial charge on any atom is -0.467 e. The number of esters is 1. The summed E-state index contributed by atoms with van der Waals surface area (Å²) in [6.07, 6.45) is -0.107. The smallest absolute Gasteiger partial charge is 0.328 e. The van der Waals surface area contributed by atoms with E-state index >= 15 is 0 Å². The van der Waals surface area contributed by atoms with Crippen LogP contribution in [0.3, 0.4) is 0 Å². The maximum Gasteiger partial charge on any atom is 0.328 e. The topological polar surface area (TPSA) is 73.9 Å². The van der Waals surface area contributed by atoms with Crippen molar-refractivity contribution >= 4 is 11.9 Å². The number of hydrogen-bond acceptors (Lipinski definition) is 5. The molecule has 104 valence electrons. The fourth-order valence-corrected chi connectivity index (χ4v) is 1.73. The molecule has 0 bridgehead atoms. The molecule has 1 aliphatic rings. The Bertz CT molecular complexity index is 286. The van der Waals surface area contributed by atoms with Crippen LogP contribution in [0.15, 0.2) is 0 Å². The van der Waals surface area contributed by atoms with Crippen molar-refractivity contribution in [3.8, 4) is 0 Å². The van der Waals surface area contributed by atoms with Crippen LogP contribution in [-0.2, 0) is 23.8 Å². The lowest BCUT2D eigenvalue weighted by Crippen LogP contribution is -2.49. The van der Waals surface area contributed by atoms with Gasteiger partial charge in [0.2, 0.25) is 0 Å². The molecule has 18 heavy (non-hydrogen) atoms. The molecule has 1 aliphatic heterocycles. The van der Waals surface area contributed by atoms with Crippen LogP contribution in [0.5, 0.6) is 0 Å². The van der Waals surface area contributed by atoms with E-state index in [0.717, 1.165) is 0 Å². The van der Waals surface area contributed by atoms with Crippen LogP contribution < -0.4 is 5.32 Å². The van der Waals surface area contributed by atoms with Crippen LogP contribution in [0.1, 0.15) is 20.3 Å². The molecule has 1 N–H and O–H groups in total. The van der Waals surface area contributed by atoms with Gasteiger partial charge in [0.15, 0.2) is 6.10 Å². The number of nitrogens with one attached hydrogen (secondary N) is 1. The van der Waals surface area contributed by atoms with Gasteiger partial charge in [-0.2, -0.15) is 0 Å². The standard InChI is InChI=1S/C12H21NO5/c1-8(2)6-9(12(15)16-3)13-11(14)10-7-17-4-5-18-10/h8-10H,4-7H2,1-3H3,(H,13,14). The SMILES string of the molecule is COC(=O)C(CC(C)C)NC(=O)C1COCCO1. The maximum absolute atomic E-state index is 11.9. The molecule has 0 aliphatic carbocycles. The number of rotatable bonds is 5. The van der Waals surface area contributed by atoms with Gasteiger partial charge in [-0.15, -0.1) is 0 Å². The molecule has 1 saturated heterocycles. The zero-order valence-corrected chi connectivity index (χ0v) is 11.1. The zero-order chi connectivity index (χ0) is 13.5. The van der Waals surface area contributed by atoms with Gasteiger partial charge in [-0.1, -0.05) is 13.8 Å². The van der Waals surface area contributed by atoms with Gasteiger partial charge in [-0.05, 0) is 12.3 Å². The average molecular weight is 259 g/mol. The van der Waals surface area contributed by atoms with Gasteiger partial charge in [-0.25, -0.2) is 4.79 Å². The summed E-state index contributed by atoms with van der Waals surface area (Å²) in [5.41, 5.74) is 0. The van der Waals surface area contributed by atoms with Gasteiger partial charge in [0.05, 0.1) is 26.9 Å². The number of carbonyl (C=O) groups excluding carboxylic acids is 2. The predicted octanol–water partition coefficient (Wildman–Crippen LogP) is 0.106. The van der Waals surface area contributed by atoms with Crippen molar-refractivity contribution in [2.24, 2.45) is 5.92 Å². The Hall–Kier alpha value is -1.14. The van der Waals surface area contributed by atoms with Gasteiger partial charge in [0, 0.05) is 0 Å². The lowest BCUT2D eigenvalue weighted by molar-refractivity contribution is -0.153. The highest BCUT2D eigenvalue weighted by Gasteiger charge is 2.28. The van der Waals surface area contributed by atoms with E-state index < -0.39 is 18.1 Å². The summed E-state index contributed by atoms with van der Waals surface area (Å²) in [5.74, 6) is -0.488. The third-order valence-corrected chi connectivity index (χ3v) is 2.62. The van der Waals surface area contributed by atoms with Crippen molar-refractivity contribution in [2.75, 3.05) is 26.9 Å². The lowest BCUT2D eigenvalue weighted by Gasteiger charge is -2.25. The van der Waals surface area contributed by atoms with E-state index in [1.54, 1.807) is 0 Å². The molecule has 0 aromatic heterocycles. The number of methoxy groups -OCH3 is 1. The molecule has 1 amide bonds. The molecular weight excluding hydrogens is 238 g/mol. The van der Waals surface area contributed by atoms with E-state index in [0.29, 0.717) is 19.6 Å². The van der Waals surface area contributed by atoms with Crippen molar-refractivity contribution in [1.29, 1.82) is 0 Å². The van der Waals surface area contributed by atoms with Gasteiger partial charge in [0.25, 0.3) is 5.91 Å². The summed E-state index contributed by atoms with van der Waals surface area (Å²) in [4.78, 5) is 23.4. The van der Waals surface area contributed by atoms with E-state index in [9.17, 15) is 9.59 Å². The quantitative estimate of drug-likeness (QED) is 0.709. The molecule has 0 saturated carbocycles. The van der Waals surface area contributed by atoms with Crippen LogP contribution in [0.25, 0.3) is 0 Å². The summed E-state index contributed by atoms with van der Waals surface area (Å²) in [6, 6.07) is -0.631. The van der Waals surface area contributed by atoms with Crippen LogP contribution in [0, 0.1) is 5.92 Å². The molecule has 1 heterocycles. The second kappa shape index (κ2) is 7.33. The summed E-state index contributed by atoms with van der Waals surface area (Å²) < 4.78 is 15.1. The van der Waals surface area contributed by atoms with E-state index in [1.165, 1.54) is 7.11 Å². The summed E-state index contributed by atoms with van der Waals surface area (Å²) in [5, 5.41) is 2.65. The van der Waals surface area contributed by atoms with Crippen LogP contribution in [0.2, 0.25) is 0 Å². The lowest BCUT2D eigenvalue weighted by atomic mass is 10.0. The molecule has 6 heteroatoms. The summed E-state index contributed by atoms with van der Waals surface area (Å²) >= 11 is 0. The highest BCUT2D eigenvalue weighted by Crippen LogP contribution is 2.08. The van der Waals surface area contributed by atoms with Crippen molar-refractivity contribution in [1.82, 2.24) is 5.32 Å². The Kier molecular flexibility index (Phi) is 6.07. The molecule has 0 spiro atoms. The maximum atomic E-state index is 11.9. The van der Waals surface area contributed by atoms with E-state index in [2.05, 4.69) is 10.1 Å². The predicted molar refractivity (Wildman–Crippen MR) is 64.0 cm³/mol. The summed E-state index contributed by atoms with van der Waals surface area (Å²) in [6.45, 7) is 5.06. The highest BCUT2D eigenvalue weighted by molar-refractivity contribution is 5.87. The zero-order valence-electron chi connectivity index (χ0n) is 11.1. The number of carbonyl (C=O) groups is 2. The monoisotopic (exact) mass is 259 g/mol. The molecule has 0 aromatic carbocycles. The Morgan fingerprint density at radius 2 is 2.11 bits per heavy atom. The first-order chi connectivity index (χ1) is 8.54. The fourth-order valence-electron chi connectivity index (χ4n) is 1.73.